The number of carbonyl (C=O) groups excluding carboxylic acids is 1. The number of rotatable bonds is 6. The van der Waals surface area contributed by atoms with Crippen LogP contribution >= 0.6 is 0 Å². The third kappa shape index (κ3) is 3.17. The first-order valence-electron chi connectivity index (χ1n) is 14.4. The Morgan fingerprint density at radius 1 is 1.03 bits per heavy atom. The predicted octanol–water partition coefficient (Wildman–Crippen LogP) is 3.46. The van der Waals surface area contributed by atoms with Crippen molar-refractivity contribution >= 4 is 5.78 Å². The number of hydrogen-bond donors (Lipinski definition) is 5. The van der Waals surface area contributed by atoms with Crippen molar-refractivity contribution in [2.24, 2.45) is 50.7 Å². The van der Waals surface area contributed by atoms with Crippen LogP contribution in [0.4, 0.5) is 0 Å². The van der Waals surface area contributed by atoms with Crippen molar-refractivity contribution in [3.8, 4) is 0 Å². The van der Waals surface area contributed by atoms with Crippen LogP contribution in [-0.2, 0) is 4.79 Å². The van der Waals surface area contributed by atoms with Crippen LogP contribution in [0.25, 0.3) is 0 Å². The van der Waals surface area contributed by atoms with E-state index >= 15 is 0 Å². The number of hydrogen-bond acceptors (Lipinski definition) is 6. The molecule has 12 atom stereocenters. The van der Waals surface area contributed by atoms with E-state index in [0.29, 0.717) is 25.2 Å². The summed E-state index contributed by atoms with van der Waals surface area (Å²) >= 11 is 0. The largest absolute Gasteiger partial charge is 0.395 e. The standard InChI is InChI=1S/C30H50O6/c1-17(13-20(33)24(35)25(2,3)36)18-7-9-28(6)23-19(32)14-21-26(4,16-31)22(34)8-10-29(21)15-30(23,29)12-11-27(18,28)5/h17-21,23-24,31-33,35-36H,7-16H2,1-6H3/t17-,18+,19+,20-,21-,23+,24+,26+,27-,28+,29-,30+/m1/s1. The van der Waals surface area contributed by atoms with Crippen molar-refractivity contribution in [1.29, 1.82) is 0 Å². The maximum absolute atomic E-state index is 12.9. The summed E-state index contributed by atoms with van der Waals surface area (Å²) in [6, 6.07) is 0. The van der Waals surface area contributed by atoms with E-state index in [4.69, 9.17) is 0 Å². The van der Waals surface area contributed by atoms with Crippen LogP contribution in [0.5, 0.6) is 0 Å². The molecule has 0 heterocycles. The zero-order valence-electron chi connectivity index (χ0n) is 23.3. The molecule has 5 fully saturated rings. The SMILES string of the molecule is C[C@H](C[C@@H](O)[C@H](O)C(C)(C)O)[C@@H]1CC[C@@]2(C)[C@@H]3[C@@H](O)C[C@H]4[C@@]5(CCC(=O)[C@@]4(C)CO)C[C@@]35CC[C@]12C. The topological polar surface area (TPSA) is 118 Å². The lowest BCUT2D eigenvalue weighted by Crippen LogP contribution is -2.62. The molecule has 0 amide bonds. The highest BCUT2D eigenvalue weighted by Gasteiger charge is 2.84. The van der Waals surface area contributed by atoms with Crippen molar-refractivity contribution in [1.82, 2.24) is 0 Å². The van der Waals surface area contributed by atoms with Gasteiger partial charge in [-0.25, -0.2) is 0 Å². The van der Waals surface area contributed by atoms with Gasteiger partial charge in [-0.2, -0.15) is 0 Å². The van der Waals surface area contributed by atoms with E-state index in [0.717, 1.165) is 38.5 Å². The molecular weight excluding hydrogens is 456 g/mol. The van der Waals surface area contributed by atoms with Gasteiger partial charge >= 0.3 is 0 Å². The zero-order chi connectivity index (χ0) is 26.7. The second-order valence-corrected chi connectivity index (χ2v) is 15.2. The second kappa shape index (κ2) is 8.00. The maximum Gasteiger partial charge on any atom is 0.141 e. The summed E-state index contributed by atoms with van der Waals surface area (Å²) < 4.78 is 0. The van der Waals surface area contributed by atoms with E-state index in [1.165, 1.54) is 13.8 Å². The first-order valence-corrected chi connectivity index (χ1v) is 14.4. The predicted molar refractivity (Wildman–Crippen MR) is 137 cm³/mol. The maximum atomic E-state index is 12.9. The molecule has 0 aromatic carbocycles. The van der Waals surface area contributed by atoms with E-state index in [-0.39, 0.29) is 51.8 Å². The molecule has 5 aliphatic rings. The molecule has 2 spiro atoms. The van der Waals surface area contributed by atoms with Gasteiger partial charge in [0.15, 0.2) is 0 Å². The summed E-state index contributed by atoms with van der Waals surface area (Å²) in [5.41, 5.74) is -1.96. The number of Topliss-reactive ketones (excluding diaryl/α,β-unsaturated/α-hetero) is 1. The minimum Gasteiger partial charge on any atom is -0.395 e. The van der Waals surface area contributed by atoms with Gasteiger partial charge in [-0.3, -0.25) is 4.79 Å². The van der Waals surface area contributed by atoms with Gasteiger partial charge in [-0.1, -0.05) is 27.7 Å². The fraction of sp³-hybridized carbons (Fsp3) is 0.967. The molecular formula is C30H50O6. The molecule has 5 aliphatic carbocycles. The fourth-order valence-corrected chi connectivity index (χ4v) is 11.3. The summed E-state index contributed by atoms with van der Waals surface area (Å²) in [6.45, 7) is 11.9. The van der Waals surface area contributed by atoms with Crippen LogP contribution < -0.4 is 0 Å². The highest BCUT2D eigenvalue weighted by molar-refractivity contribution is 5.86. The van der Waals surface area contributed by atoms with E-state index < -0.39 is 29.3 Å². The smallest absolute Gasteiger partial charge is 0.141 e. The summed E-state index contributed by atoms with van der Waals surface area (Å²) in [5.74, 6) is 0.982. The van der Waals surface area contributed by atoms with Crippen LogP contribution in [-0.4, -0.2) is 61.8 Å². The summed E-state index contributed by atoms with van der Waals surface area (Å²) in [5, 5.41) is 53.5. The first-order chi connectivity index (χ1) is 16.5. The van der Waals surface area contributed by atoms with Gasteiger partial charge in [0.2, 0.25) is 0 Å². The van der Waals surface area contributed by atoms with Gasteiger partial charge in [0.25, 0.3) is 0 Å². The van der Waals surface area contributed by atoms with Gasteiger partial charge < -0.3 is 25.5 Å². The Balaban J connectivity index is 1.43. The highest BCUT2D eigenvalue weighted by Crippen LogP contribution is 2.88. The molecule has 0 aliphatic heterocycles. The molecule has 0 saturated heterocycles. The quantitative estimate of drug-likeness (QED) is 0.377. The van der Waals surface area contributed by atoms with Crippen molar-refractivity contribution in [2.75, 3.05) is 6.61 Å². The molecule has 206 valence electrons. The Labute approximate surface area is 216 Å². The van der Waals surface area contributed by atoms with E-state index in [1.807, 2.05) is 6.92 Å². The lowest BCUT2D eigenvalue weighted by molar-refractivity contribution is -0.194. The van der Waals surface area contributed by atoms with Gasteiger partial charge in [0.05, 0.1) is 29.8 Å². The Hall–Kier alpha value is -0.530. The normalized spacial score (nSPS) is 52.5. The number of ketones is 1. The third-order valence-corrected chi connectivity index (χ3v) is 13.4. The number of aliphatic hydroxyl groups excluding tert-OH is 4. The molecule has 36 heavy (non-hydrogen) atoms. The molecule has 0 aromatic rings. The van der Waals surface area contributed by atoms with Gasteiger partial charge in [-0.15, -0.1) is 0 Å². The molecule has 0 aromatic heterocycles. The Kier molecular flexibility index (Phi) is 6.01. The number of aliphatic hydroxyl groups is 5. The molecule has 0 radical (unpaired) electrons. The van der Waals surface area contributed by atoms with Gasteiger partial charge in [0, 0.05) is 6.42 Å². The summed E-state index contributed by atoms with van der Waals surface area (Å²) in [4.78, 5) is 12.9. The van der Waals surface area contributed by atoms with Crippen LogP contribution in [0.3, 0.4) is 0 Å². The van der Waals surface area contributed by atoms with Gasteiger partial charge in [0.1, 0.15) is 11.9 Å². The third-order valence-electron chi connectivity index (χ3n) is 13.4. The molecule has 5 saturated carbocycles. The minimum atomic E-state index is -1.35. The van der Waals surface area contributed by atoms with Crippen LogP contribution in [0.15, 0.2) is 0 Å². The van der Waals surface area contributed by atoms with E-state index in [9.17, 15) is 30.3 Å². The Bertz CT molecular complexity index is 914. The van der Waals surface area contributed by atoms with Crippen molar-refractivity contribution in [2.45, 2.75) is 123 Å². The number of fused-ring (bicyclic) bond motifs is 2. The molecule has 6 heteroatoms. The Morgan fingerprint density at radius 3 is 2.31 bits per heavy atom. The number of carbonyl (C=O) groups is 1. The molecule has 0 unspecified atom stereocenters. The molecule has 5 N–H and O–H groups in total. The average molecular weight is 507 g/mol. The minimum absolute atomic E-state index is 0.0180. The first kappa shape index (κ1) is 27.1. The summed E-state index contributed by atoms with van der Waals surface area (Å²) in [6.07, 6.45) is 5.18. The average Bonchev–Trinajstić information content (AvgIpc) is 3.36. The summed E-state index contributed by atoms with van der Waals surface area (Å²) in [7, 11) is 0. The Morgan fingerprint density at radius 2 is 1.69 bits per heavy atom. The lowest BCUT2D eigenvalue weighted by Gasteiger charge is -2.64. The monoisotopic (exact) mass is 506 g/mol. The molecule has 5 rings (SSSR count). The van der Waals surface area contributed by atoms with Crippen LogP contribution in [0.1, 0.15) is 99.3 Å². The zero-order valence-corrected chi connectivity index (χ0v) is 23.3. The lowest BCUT2D eigenvalue weighted by atomic mass is 9.41. The second-order valence-electron chi connectivity index (χ2n) is 15.2. The van der Waals surface area contributed by atoms with Crippen molar-refractivity contribution < 1.29 is 30.3 Å². The van der Waals surface area contributed by atoms with E-state index in [2.05, 4.69) is 20.8 Å². The fourth-order valence-electron chi connectivity index (χ4n) is 11.3. The highest BCUT2D eigenvalue weighted by atomic mass is 16.4. The molecule has 6 nitrogen and oxygen atoms in total. The van der Waals surface area contributed by atoms with Crippen LogP contribution in [0, 0.1) is 50.7 Å². The van der Waals surface area contributed by atoms with Crippen molar-refractivity contribution in [3.05, 3.63) is 0 Å². The van der Waals surface area contributed by atoms with E-state index in [1.54, 1.807) is 0 Å². The van der Waals surface area contributed by atoms with Gasteiger partial charge in [-0.05, 0) is 111 Å². The van der Waals surface area contributed by atoms with Crippen LogP contribution in [0.2, 0.25) is 0 Å². The molecule has 0 bridgehead atoms. The van der Waals surface area contributed by atoms with Crippen molar-refractivity contribution in [3.63, 3.8) is 0 Å².